The lowest BCUT2D eigenvalue weighted by molar-refractivity contribution is -0.121. The number of hydrogen-bond donors (Lipinski definition) is 1. The molecule has 2 heterocycles. The molecule has 0 radical (unpaired) electrons. The van der Waals surface area contributed by atoms with E-state index in [0.717, 1.165) is 11.3 Å². The van der Waals surface area contributed by atoms with Crippen molar-refractivity contribution in [2.24, 2.45) is 5.92 Å². The van der Waals surface area contributed by atoms with E-state index in [-0.39, 0.29) is 17.9 Å². The number of carbonyl (C=O) groups is 1. The lowest BCUT2D eigenvalue weighted by Gasteiger charge is -2.24. The molecule has 1 aromatic heterocycles. The Kier molecular flexibility index (Phi) is 5.78. The van der Waals surface area contributed by atoms with Crippen molar-refractivity contribution in [1.82, 2.24) is 19.8 Å². The molecule has 1 amide bonds. The standard InChI is InChI=1S/C21H28N4O5S/c1-14-22-20(30-24-14)21-11-17(10-16(21)12-25(13-21)31(3,27)28)23-19(26)9-8-15-6-4-5-7-18(15)29-2/h4-7,16-17H,8-13H2,1-3H3,(H,23,26)/t16-,17+,21-/m0/s1. The summed E-state index contributed by atoms with van der Waals surface area (Å²) in [6, 6.07) is 7.60. The van der Waals surface area contributed by atoms with Crippen molar-refractivity contribution in [2.45, 2.75) is 44.1 Å². The Labute approximate surface area is 182 Å². The van der Waals surface area contributed by atoms with E-state index in [2.05, 4.69) is 15.5 Å². The maximum absolute atomic E-state index is 12.7. The lowest BCUT2D eigenvalue weighted by atomic mass is 9.80. The van der Waals surface area contributed by atoms with Gasteiger partial charge in [0.05, 0.1) is 18.8 Å². The van der Waals surface area contributed by atoms with Crippen molar-refractivity contribution >= 4 is 15.9 Å². The first kappa shape index (κ1) is 21.8. The fourth-order valence-corrected chi connectivity index (χ4v) is 5.89. The van der Waals surface area contributed by atoms with Crippen LogP contribution in [0.1, 0.15) is 36.5 Å². The van der Waals surface area contributed by atoms with Crippen molar-refractivity contribution in [2.75, 3.05) is 26.5 Å². The Balaban J connectivity index is 1.44. The molecule has 168 valence electrons. The lowest BCUT2D eigenvalue weighted by Crippen LogP contribution is -2.39. The quantitative estimate of drug-likeness (QED) is 0.681. The first-order valence-electron chi connectivity index (χ1n) is 10.4. The van der Waals surface area contributed by atoms with E-state index in [4.69, 9.17) is 9.26 Å². The molecule has 1 aliphatic heterocycles. The Morgan fingerprint density at radius 3 is 2.84 bits per heavy atom. The summed E-state index contributed by atoms with van der Waals surface area (Å²) in [4.78, 5) is 17.1. The van der Waals surface area contributed by atoms with Gasteiger partial charge in [0, 0.05) is 25.6 Å². The van der Waals surface area contributed by atoms with Gasteiger partial charge in [0.15, 0.2) is 5.82 Å². The number of benzene rings is 1. The van der Waals surface area contributed by atoms with E-state index in [9.17, 15) is 13.2 Å². The Bertz CT molecular complexity index is 1070. The fraction of sp³-hybridized carbons (Fsp3) is 0.571. The van der Waals surface area contributed by atoms with Gasteiger partial charge in [0.25, 0.3) is 0 Å². The van der Waals surface area contributed by atoms with Crippen LogP contribution in [0.3, 0.4) is 0 Å². The van der Waals surface area contributed by atoms with Crippen LogP contribution in [-0.2, 0) is 26.7 Å². The molecule has 0 bridgehead atoms. The molecule has 1 N–H and O–H groups in total. The van der Waals surface area contributed by atoms with Gasteiger partial charge in [-0.05, 0) is 43.7 Å². The Morgan fingerprint density at radius 2 is 2.16 bits per heavy atom. The number of carbonyl (C=O) groups excluding carboxylic acids is 1. The van der Waals surface area contributed by atoms with Crippen LogP contribution in [0, 0.1) is 12.8 Å². The second-order valence-electron chi connectivity index (χ2n) is 8.57. The summed E-state index contributed by atoms with van der Waals surface area (Å²) >= 11 is 0. The van der Waals surface area contributed by atoms with Gasteiger partial charge >= 0.3 is 0 Å². The average molecular weight is 449 g/mol. The SMILES string of the molecule is COc1ccccc1CCC(=O)N[C@@H]1C[C@H]2CN(S(C)(=O)=O)C[C@@]2(c2nc(C)no2)C1. The van der Waals surface area contributed by atoms with Crippen molar-refractivity contribution in [3.63, 3.8) is 0 Å². The topological polar surface area (TPSA) is 115 Å². The highest BCUT2D eigenvalue weighted by Crippen LogP contribution is 2.50. The molecule has 1 saturated heterocycles. The Hall–Kier alpha value is -2.46. The van der Waals surface area contributed by atoms with Gasteiger partial charge in [0.2, 0.25) is 21.8 Å². The van der Waals surface area contributed by atoms with Crippen molar-refractivity contribution < 1.29 is 22.5 Å². The van der Waals surface area contributed by atoms with Gasteiger partial charge in [-0.1, -0.05) is 23.4 Å². The summed E-state index contributed by atoms with van der Waals surface area (Å²) in [5, 5.41) is 7.05. The number of rotatable bonds is 7. The fourth-order valence-electron chi connectivity index (χ4n) is 4.98. The van der Waals surface area contributed by atoms with Crippen molar-refractivity contribution in [3.8, 4) is 5.75 Å². The van der Waals surface area contributed by atoms with Gasteiger partial charge in [-0.15, -0.1) is 0 Å². The molecule has 2 aromatic rings. The third-order valence-electron chi connectivity index (χ3n) is 6.45. The molecule has 2 aliphatic rings. The van der Waals surface area contributed by atoms with Gasteiger partial charge in [-0.2, -0.15) is 4.98 Å². The van der Waals surface area contributed by atoms with Crippen molar-refractivity contribution in [1.29, 1.82) is 0 Å². The van der Waals surface area contributed by atoms with E-state index < -0.39 is 15.4 Å². The molecular weight excluding hydrogens is 420 g/mol. The average Bonchev–Trinajstić information content (AvgIpc) is 3.38. The highest BCUT2D eigenvalue weighted by atomic mass is 32.2. The zero-order valence-corrected chi connectivity index (χ0v) is 18.8. The minimum atomic E-state index is -3.33. The van der Waals surface area contributed by atoms with Gasteiger partial charge in [0.1, 0.15) is 5.75 Å². The van der Waals surface area contributed by atoms with Crippen LogP contribution in [0.5, 0.6) is 5.75 Å². The molecule has 0 unspecified atom stereocenters. The molecule has 2 fully saturated rings. The number of para-hydroxylation sites is 1. The summed E-state index contributed by atoms with van der Waals surface area (Å²) in [7, 11) is -1.71. The monoisotopic (exact) mass is 448 g/mol. The number of fused-ring (bicyclic) bond motifs is 1. The number of ether oxygens (including phenoxy) is 1. The number of amides is 1. The summed E-state index contributed by atoms with van der Waals surface area (Å²) in [5.74, 6) is 1.74. The Morgan fingerprint density at radius 1 is 1.39 bits per heavy atom. The third kappa shape index (κ3) is 4.31. The number of aromatic nitrogens is 2. The first-order chi connectivity index (χ1) is 14.7. The predicted molar refractivity (Wildman–Crippen MR) is 113 cm³/mol. The van der Waals surface area contributed by atoms with Gasteiger partial charge < -0.3 is 14.6 Å². The number of methoxy groups -OCH3 is 1. The molecule has 31 heavy (non-hydrogen) atoms. The highest BCUT2D eigenvalue weighted by Gasteiger charge is 2.58. The normalized spacial score (nSPS) is 26.0. The smallest absolute Gasteiger partial charge is 0.234 e. The molecule has 1 saturated carbocycles. The summed E-state index contributed by atoms with van der Waals surface area (Å²) < 4.78 is 36.6. The van der Waals surface area contributed by atoms with E-state index in [0.29, 0.717) is 50.5 Å². The zero-order chi connectivity index (χ0) is 22.2. The summed E-state index contributed by atoms with van der Waals surface area (Å²) in [5.41, 5.74) is 0.426. The van der Waals surface area contributed by atoms with E-state index in [1.807, 2.05) is 24.3 Å². The maximum Gasteiger partial charge on any atom is 0.234 e. The number of aryl methyl sites for hydroxylation is 2. The number of nitrogens with one attached hydrogen (secondary N) is 1. The third-order valence-corrected chi connectivity index (χ3v) is 7.66. The second kappa shape index (κ2) is 8.23. The number of nitrogens with zero attached hydrogens (tertiary/aromatic N) is 3. The molecule has 10 heteroatoms. The minimum absolute atomic E-state index is 0.0154. The molecule has 1 aliphatic carbocycles. The van der Waals surface area contributed by atoms with Crippen molar-refractivity contribution in [3.05, 3.63) is 41.5 Å². The number of sulfonamides is 1. The summed E-state index contributed by atoms with van der Waals surface area (Å²) in [6.07, 6.45) is 3.41. The highest BCUT2D eigenvalue weighted by molar-refractivity contribution is 7.88. The van der Waals surface area contributed by atoms with E-state index in [1.54, 1.807) is 14.0 Å². The van der Waals surface area contributed by atoms with Crippen LogP contribution >= 0.6 is 0 Å². The van der Waals surface area contributed by atoms with E-state index in [1.165, 1.54) is 10.6 Å². The molecule has 4 rings (SSSR count). The number of hydrogen-bond acceptors (Lipinski definition) is 7. The van der Waals surface area contributed by atoms with Gasteiger partial charge in [-0.25, -0.2) is 12.7 Å². The first-order valence-corrected chi connectivity index (χ1v) is 12.2. The molecule has 3 atom stereocenters. The molecule has 1 aromatic carbocycles. The van der Waals surface area contributed by atoms with Crippen LogP contribution in [0.15, 0.2) is 28.8 Å². The van der Waals surface area contributed by atoms with Crippen LogP contribution < -0.4 is 10.1 Å². The molecular formula is C21H28N4O5S. The van der Waals surface area contributed by atoms with Gasteiger partial charge in [-0.3, -0.25) is 4.79 Å². The largest absolute Gasteiger partial charge is 0.496 e. The summed E-state index contributed by atoms with van der Waals surface area (Å²) in [6.45, 7) is 2.44. The van der Waals surface area contributed by atoms with E-state index >= 15 is 0 Å². The van der Waals surface area contributed by atoms with Crippen LogP contribution in [0.25, 0.3) is 0 Å². The van der Waals surface area contributed by atoms with Crippen LogP contribution in [-0.4, -0.2) is 61.3 Å². The molecule has 0 spiro atoms. The zero-order valence-electron chi connectivity index (χ0n) is 18.0. The molecule has 9 nitrogen and oxygen atoms in total. The van der Waals surface area contributed by atoms with Crippen LogP contribution in [0.4, 0.5) is 0 Å². The van der Waals surface area contributed by atoms with Crippen LogP contribution in [0.2, 0.25) is 0 Å². The second-order valence-corrected chi connectivity index (χ2v) is 10.6. The minimum Gasteiger partial charge on any atom is -0.496 e. The maximum atomic E-state index is 12.7. The predicted octanol–water partition coefficient (Wildman–Crippen LogP) is 1.43.